The van der Waals surface area contributed by atoms with Crippen molar-refractivity contribution in [2.24, 2.45) is 15.0 Å². The van der Waals surface area contributed by atoms with Gasteiger partial charge in [0.15, 0.2) is 0 Å². The average molecular weight is 308 g/mol. The van der Waals surface area contributed by atoms with Gasteiger partial charge in [0.25, 0.3) is 5.91 Å². The van der Waals surface area contributed by atoms with Crippen LogP contribution in [0.5, 0.6) is 0 Å². The maximum atomic E-state index is 12.1. The van der Waals surface area contributed by atoms with Gasteiger partial charge in [-0.2, -0.15) is 0 Å². The van der Waals surface area contributed by atoms with Gasteiger partial charge >= 0.3 is 0 Å². The molecule has 0 saturated carbocycles. The normalized spacial score (nSPS) is 12.0. The number of aliphatic imine (C=N–C) groups is 3. The topological polar surface area (TPSA) is 92.0 Å². The minimum atomic E-state index is -0.353. The van der Waals surface area contributed by atoms with Gasteiger partial charge in [-0.1, -0.05) is 0 Å². The number of nitrogens with zero attached hydrogens (tertiary/aromatic N) is 5. The first-order chi connectivity index (χ1) is 11.2. The monoisotopic (exact) mass is 308 g/mol. The van der Waals surface area contributed by atoms with Crippen LogP contribution in [0.1, 0.15) is 16.1 Å². The summed E-state index contributed by atoms with van der Waals surface area (Å²) in [4.78, 5) is 32.2. The van der Waals surface area contributed by atoms with Gasteiger partial charge < -0.3 is 5.32 Å². The molecule has 116 valence electrons. The van der Waals surface area contributed by atoms with Crippen molar-refractivity contribution in [3.63, 3.8) is 0 Å². The van der Waals surface area contributed by atoms with Crippen LogP contribution in [0.15, 0.2) is 57.8 Å². The molecule has 0 bridgehead atoms. The van der Waals surface area contributed by atoms with Crippen LogP contribution in [0, 0.1) is 0 Å². The molecule has 1 N–H and O–H groups in total. The number of amides is 1. The average Bonchev–Trinajstić information content (AvgIpc) is 2.60. The highest BCUT2D eigenvalue weighted by atomic mass is 16.1. The van der Waals surface area contributed by atoms with Crippen molar-refractivity contribution in [1.29, 1.82) is 0 Å². The molecule has 23 heavy (non-hydrogen) atoms. The van der Waals surface area contributed by atoms with Gasteiger partial charge in [0.1, 0.15) is 5.69 Å². The predicted octanol–water partition coefficient (Wildman–Crippen LogP) is 1.69. The molecule has 0 spiro atoms. The van der Waals surface area contributed by atoms with E-state index in [9.17, 15) is 4.79 Å². The Labute approximate surface area is 134 Å². The van der Waals surface area contributed by atoms with Gasteiger partial charge in [0.05, 0.1) is 17.7 Å². The number of hydrogen-bond donors (Lipinski definition) is 1. The first-order valence-corrected chi connectivity index (χ1v) is 6.83. The molecule has 0 radical (unpaired) electrons. The lowest BCUT2D eigenvalue weighted by atomic mass is 10.1. The van der Waals surface area contributed by atoms with Crippen molar-refractivity contribution in [2.75, 3.05) is 14.1 Å². The molecule has 7 heteroatoms. The minimum absolute atomic E-state index is 0.273. The summed E-state index contributed by atoms with van der Waals surface area (Å²) in [6.45, 7) is 0. The molecule has 2 rings (SSSR count). The van der Waals surface area contributed by atoms with Crippen molar-refractivity contribution in [3.8, 4) is 0 Å². The third-order valence-corrected chi connectivity index (χ3v) is 2.85. The lowest BCUT2D eigenvalue weighted by Gasteiger charge is -2.03. The standard InChI is InChI=1S/C16H16N6O/c1-17-10-15(18-2)12-3-8-20-14(9-12)16(23)22-11-21-13-4-6-19-7-5-13/h3-11H,1-2H3,(H,19,21,22,23). The summed E-state index contributed by atoms with van der Waals surface area (Å²) >= 11 is 0. The minimum Gasteiger partial charge on any atom is -0.311 e. The summed E-state index contributed by atoms with van der Waals surface area (Å²) in [6.07, 6.45) is 7.76. The highest BCUT2D eigenvalue weighted by molar-refractivity contribution is 6.38. The molecule has 1 amide bonds. The molecule has 0 saturated heterocycles. The Morgan fingerprint density at radius 1 is 1.17 bits per heavy atom. The lowest BCUT2D eigenvalue weighted by molar-refractivity contribution is 0.0973. The number of rotatable bonds is 5. The zero-order chi connectivity index (χ0) is 16.5. The molecule has 0 aromatic carbocycles. The summed E-state index contributed by atoms with van der Waals surface area (Å²) in [7, 11) is 3.33. The van der Waals surface area contributed by atoms with E-state index in [1.54, 1.807) is 63.2 Å². The quantitative estimate of drug-likeness (QED) is 0.673. The molecule has 0 aliphatic rings. The molecule has 0 aliphatic heterocycles. The number of carbonyl (C=O) groups excluding carboxylic acids is 1. The Morgan fingerprint density at radius 3 is 2.65 bits per heavy atom. The number of carbonyl (C=O) groups is 1. The smallest absolute Gasteiger partial charge is 0.274 e. The van der Waals surface area contributed by atoms with Crippen molar-refractivity contribution in [1.82, 2.24) is 15.3 Å². The molecule has 7 nitrogen and oxygen atoms in total. The van der Waals surface area contributed by atoms with E-state index in [0.29, 0.717) is 11.4 Å². The van der Waals surface area contributed by atoms with Gasteiger partial charge in [0, 0.05) is 44.5 Å². The summed E-state index contributed by atoms with van der Waals surface area (Å²) in [5.41, 5.74) is 2.41. The van der Waals surface area contributed by atoms with Crippen molar-refractivity contribution in [3.05, 3.63) is 54.1 Å². The Hall–Kier alpha value is -3.22. The molecule has 2 aromatic rings. The van der Waals surface area contributed by atoms with Gasteiger partial charge in [-0.25, -0.2) is 4.99 Å². The number of hydrogen-bond acceptors (Lipinski definition) is 6. The second-order valence-corrected chi connectivity index (χ2v) is 4.36. The maximum absolute atomic E-state index is 12.1. The predicted molar refractivity (Wildman–Crippen MR) is 91.0 cm³/mol. The van der Waals surface area contributed by atoms with E-state index >= 15 is 0 Å². The number of pyridine rings is 2. The molecular formula is C16H16N6O. The molecule has 0 fully saturated rings. The van der Waals surface area contributed by atoms with Crippen LogP contribution >= 0.6 is 0 Å². The van der Waals surface area contributed by atoms with Gasteiger partial charge in [-0.05, 0) is 24.3 Å². The van der Waals surface area contributed by atoms with E-state index in [0.717, 1.165) is 5.56 Å². The van der Waals surface area contributed by atoms with E-state index in [2.05, 4.69) is 30.3 Å². The maximum Gasteiger partial charge on any atom is 0.274 e. The first-order valence-electron chi connectivity index (χ1n) is 6.83. The van der Waals surface area contributed by atoms with Crippen LogP contribution in [0.4, 0.5) is 5.69 Å². The molecule has 0 atom stereocenters. The fourth-order valence-corrected chi connectivity index (χ4v) is 1.77. The second kappa shape index (κ2) is 8.28. The van der Waals surface area contributed by atoms with Crippen molar-refractivity contribution >= 4 is 29.9 Å². The Bertz CT molecular complexity index is 752. The summed E-state index contributed by atoms with van der Waals surface area (Å²) in [5.74, 6) is -0.353. The Morgan fingerprint density at radius 2 is 1.96 bits per heavy atom. The fourth-order valence-electron chi connectivity index (χ4n) is 1.77. The molecule has 0 unspecified atom stereocenters. The summed E-state index contributed by atoms with van der Waals surface area (Å²) in [6, 6.07) is 6.89. The highest BCUT2D eigenvalue weighted by Gasteiger charge is 2.08. The lowest BCUT2D eigenvalue weighted by Crippen LogP contribution is -2.23. The largest absolute Gasteiger partial charge is 0.311 e. The van der Waals surface area contributed by atoms with Gasteiger partial charge in [-0.15, -0.1) is 0 Å². The zero-order valence-corrected chi connectivity index (χ0v) is 12.8. The summed E-state index contributed by atoms with van der Waals surface area (Å²) in [5, 5.41) is 2.58. The van der Waals surface area contributed by atoms with Crippen molar-refractivity contribution < 1.29 is 4.79 Å². The SMILES string of the molecule is CN=CC(=NC)c1ccnc(C(=O)NC=Nc2ccncc2)c1. The third-order valence-electron chi connectivity index (χ3n) is 2.85. The van der Waals surface area contributed by atoms with E-state index in [1.165, 1.54) is 6.34 Å². The Balaban J connectivity index is 2.09. The Kier molecular flexibility index (Phi) is 5.81. The van der Waals surface area contributed by atoms with E-state index in [1.807, 2.05) is 0 Å². The van der Waals surface area contributed by atoms with Gasteiger partial charge in [0.2, 0.25) is 0 Å². The molecular weight excluding hydrogens is 292 g/mol. The van der Waals surface area contributed by atoms with Gasteiger partial charge in [-0.3, -0.25) is 24.7 Å². The molecule has 2 heterocycles. The molecule has 0 aliphatic carbocycles. The molecule has 2 aromatic heterocycles. The van der Waals surface area contributed by atoms with Crippen LogP contribution in [-0.4, -0.2) is 48.2 Å². The third kappa shape index (κ3) is 4.63. The van der Waals surface area contributed by atoms with E-state index in [-0.39, 0.29) is 11.6 Å². The van der Waals surface area contributed by atoms with Crippen LogP contribution in [0.25, 0.3) is 0 Å². The first kappa shape index (κ1) is 16.2. The van der Waals surface area contributed by atoms with Crippen LogP contribution in [0.2, 0.25) is 0 Å². The van der Waals surface area contributed by atoms with Crippen LogP contribution in [0.3, 0.4) is 0 Å². The van der Waals surface area contributed by atoms with E-state index < -0.39 is 0 Å². The summed E-state index contributed by atoms with van der Waals surface area (Å²) < 4.78 is 0. The number of aromatic nitrogens is 2. The van der Waals surface area contributed by atoms with Crippen LogP contribution in [-0.2, 0) is 0 Å². The van der Waals surface area contributed by atoms with E-state index in [4.69, 9.17) is 0 Å². The van der Waals surface area contributed by atoms with Crippen LogP contribution < -0.4 is 5.32 Å². The highest BCUT2D eigenvalue weighted by Crippen LogP contribution is 2.06. The van der Waals surface area contributed by atoms with Crippen molar-refractivity contribution in [2.45, 2.75) is 0 Å². The second-order valence-electron chi connectivity index (χ2n) is 4.36. The fraction of sp³-hybridized carbons (Fsp3) is 0.125. The zero-order valence-electron chi connectivity index (χ0n) is 12.8. The number of nitrogens with one attached hydrogen (secondary N) is 1.